The molecule has 1 aromatic rings. The first-order valence-electron chi connectivity index (χ1n) is 7.82. The van der Waals surface area contributed by atoms with Gasteiger partial charge in [-0.1, -0.05) is 30.7 Å². The average Bonchev–Trinajstić information content (AvgIpc) is 2.52. The summed E-state index contributed by atoms with van der Waals surface area (Å²) in [4.78, 5) is 12.5. The molecule has 1 fully saturated rings. The molecule has 0 spiro atoms. The van der Waals surface area contributed by atoms with Gasteiger partial charge < -0.3 is 5.32 Å². The molecule has 1 aliphatic rings. The van der Waals surface area contributed by atoms with Gasteiger partial charge in [0, 0.05) is 24.0 Å². The molecule has 0 radical (unpaired) electrons. The van der Waals surface area contributed by atoms with E-state index in [4.69, 9.17) is 11.6 Å². The lowest BCUT2D eigenvalue weighted by Gasteiger charge is -2.30. The number of rotatable bonds is 5. The molecule has 128 valence electrons. The summed E-state index contributed by atoms with van der Waals surface area (Å²) in [5, 5.41) is 3.75. The largest absolute Gasteiger partial charge is 0.349 e. The van der Waals surface area contributed by atoms with Gasteiger partial charge in [-0.2, -0.15) is 0 Å². The summed E-state index contributed by atoms with van der Waals surface area (Å²) >= 11 is 5.90. The molecule has 0 saturated carbocycles. The van der Waals surface area contributed by atoms with Gasteiger partial charge in [0.25, 0.3) is 0 Å². The number of nitrogens with zero attached hydrogens (tertiary/aromatic N) is 1. The highest BCUT2D eigenvalue weighted by atomic mass is 35.5. The van der Waals surface area contributed by atoms with Gasteiger partial charge >= 0.3 is 0 Å². The van der Waals surface area contributed by atoms with Gasteiger partial charge in [0.15, 0.2) is 0 Å². The summed E-state index contributed by atoms with van der Waals surface area (Å²) in [6, 6.07) is 7.42. The Morgan fingerprint density at radius 3 is 2.35 bits per heavy atom. The predicted molar refractivity (Wildman–Crippen MR) is 91.8 cm³/mol. The lowest BCUT2D eigenvalue weighted by atomic mass is 9.96. The zero-order valence-electron chi connectivity index (χ0n) is 13.5. The number of benzene rings is 1. The normalized spacial score (nSPS) is 18.6. The second-order valence-corrected chi connectivity index (χ2v) is 8.38. The van der Waals surface area contributed by atoms with E-state index in [1.54, 1.807) is 0 Å². The zero-order chi connectivity index (χ0) is 17.0. The predicted octanol–water partition coefficient (Wildman–Crippen LogP) is 2.58. The lowest BCUT2D eigenvalue weighted by Crippen LogP contribution is -2.43. The number of carbonyl (C=O) groups excluding carboxylic acids is 1. The first-order valence-corrected chi connectivity index (χ1v) is 10.0. The number of sulfonamides is 1. The van der Waals surface area contributed by atoms with Crippen LogP contribution in [0, 0.1) is 5.92 Å². The number of carbonyl (C=O) groups is 1. The minimum absolute atomic E-state index is 0.0000454. The molecule has 1 aromatic carbocycles. The number of hydrogen-bond donors (Lipinski definition) is 1. The zero-order valence-corrected chi connectivity index (χ0v) is 15.0. The molecule has 0 aromatic heterocycles. The smallest absolute Gasteiger partial charge is 0.223 e. The summed E-state index contributed by atoms with van der Waals surface area (Å²) in [7, 11) is -3.16. The maximum atomic E-state index is 12.5. The molecule has 0 bridgehead atoms. The van der Waals surface area contributed by atoms with Crippen LogP contribution in [0.3, 0.4) is 0 Å². The molecule has 1 atom stereocenters. The molecule has 1 heterocycles. The van der Waals surface area contributed by atoms with Crippen molar-refractivity contribution in [2.75, 3.05) is 19.3 Å². The van der Waals surface area contributed by atoms with Crippen LogP contribution in [-0.2, 0) is 14.8 Å². The van der Waals surface area contributed by atoms with Crippen molar-refractivity contribution in [3.8, 4) is 0 Å². The van der Waals surface area contributed by atoms with Gasteiger partial charge in [-0.05, 0) is 37.0 Å². The fourth-order valence-electron chi connectivity index (χ4n) is 2.86. The van der Waals surface area contributed by atoms with Crippen LogP contribution < -0.4 is 5.32 Å². The van der Waals surface area contributed by atoms with E-state index in [-0.39, 0.29) is 17.9 Å². The van der Waals surface area contributed by atoms with Gasteiger partial charge in [-0.15, -0.1) is 0 Å². The third-order valence-corrected chi connectivity index (χ3v) is 5.85. The van der Waals surface area contributed by atoms with Gasteiger partial charge in [0.2, 0.25) is 15.9 Å². The van der Waals surface area contributed by atoms with E-state index >= 15 is 0 Å². The van der Waals surface area contributed by atoms with Gasteiger partial charge in [0.05, 0.1) is 12.3 Å². The van der Waals surface area contributed by atoms with Crippen molar-refractivity contribution in [3.63, 3.8) is 0 Å². The van der Waals surface area contributed by atoms with Crippen LogP contribution in [0.5, 0.6) is 0 Å². The molecular weight excluding hydrogens is 336 g/mol. The maximum Gasteiger partial charge on any atom is 0.223 e. The molecule has 7 heteroatoms. The van der Waals surface area contributed by atoms with Crippen molar-refractivity contribution in [2.45, 2.75) is 32.2 Å². The summed E-state index contributed by atoms with van der Waals surface area (Å²) in [6.07, 6.45) is 3.13. The van der Waals surface area contributed by atoms with Crippen molar-refractivity contribution in [2.24, 2.45) is 5.92 Å². The van der Waals surface area contributed by atoms with Crippen molar-refractivity contribution >= 4 is 27.5 Å². The Morgan fingerprint density at radius 1 is 1.30 bits per heavy atom. The first-order chi connectivity index (χ1) is 10.8. The summed E-state index contributed by atoms with van der Waals surface area (Å²) in [5.74, 6) is -0.130. The van der Waals surface area contributed by atoms with Crippen LogP contribution in [-0.4, -0.2) is 38.0 Å². The third-order valence-electron chi connectivity index (χ3n) is 4.29. The lowest BCUT2D eigenvalue weighted by molar-refractivity contribution is -0.126. The standard InChI is InChI=1S/C16H23ClN2O3S/c1-3-15(12-4-6-14(17)7-5-12)18-16(20)13-8-10-19(11-9-13)23(2,21)22/h4-7,13,15H,3,8-11H2,1-2H3,(H,18,20). The van der Waals surface area contributed by atoms with Crippen molar-refractivity contribution in [1.82, 2.24) is 9.62 Å². The second-order valence-electron chi connectivity index (χ2n) is 5.96. The molecule has 1 aliphatic heterocycles. The summed E-state index contributed by atoms with van der Waals surface area (Å²) in [5.41, 5.74) is 1.03. The van der Waals surface area contributed by atoms with Crippen LogP contribution in [0.2, 0.25) is 5.02 Å². The van der Waals surface area contributed by atoms with Crippen LogP contribution in [0.1, 0.15) is 37.8 Å². The average molecular weight is 359 g/mol. The molecule has 23 heavy (non-hydrogen) atoms. The van der Waals surface area contributed by atoms with E-state index in [1.807, 2.05) is 31.2 Å². The van der Waals surface area contributed by atoms with Crippen molar-refractivity contribution < 1.29 is 13.2 Å². The Morgan fingerprint density at radius 2 is 1.87 bits per heavy atom. The molecule has 0 aliphatic carbocycles. The molecule has 1 unspecified atom stereocenters. The number of piperidine rings is 1. The Kier molecular flexibility index (Phi) is 6.06. The Bertz CT molecular complexity index is 638. The molecular formula is C16H23ClN2O3S. The molecule has 1 N–H and O–H groups in total. The highest BCUT2D eigenvalue weighted by Gasteiger charge is 2.29. The van der Waals surface area contributed by atoms with E-state index in [0.29, 0.717) is 31.0 Å². The van der Waals surface area contributed by atoms with E-state index in [9.17, 15) is 13.2 Å². The molecule has 5 nitrogen and oxygen atoms in total. The SMILES string of the molecule is CCC(NC(=O)C1CCN(S(C)(=O)=O)CC1)c1ccc(Cl)cc1. The van der Waals surface area contributed by atoms with Crippen molar-refractivity contribution in [1.29, 1.82) is 0 Å². The number of amides is 1. The monoisotopic (exact) mass is 358 g/mol. The quantitative estimate of drug-likeness (QED) is 0.879. The van der Waals surface area contributed by atoms with E-state index in [0.717, 1.165) is 12.0 Å². The van der Waals surface area contributed by atoms with Crippen LogP contribution in [0.4, 0.5) is 0 Å². The van der Waals surface area contributed by atoms with Crippen LogP contribution >= 0.6 is 11.6 Å². The van der Waals surface area contributed by atoms with Crippen LogP contribution in [0.25, 0.3) is 0 Å². The van der Waals surface area contributed by atoms with E-state index in [2.05, 4.69) is 5.32 Å². The number of halogens is 1. The van der Waals surface area contributed by atoms with E-state index in [1.165, 1.54) is 10.6 Å². The third kappa shape index (κ3) is 4.93. The van der Waals surface area contributed by atoms with Gasteiger partial charge in [0.1, 0.15) is 0 Å². The fourth-order valence-corrected chi connectivity index (χ4v) is 3.86. The summed E-state index contributed by atoms with van der Waals surface area (Å²) < 4.78 is 24.5. The van der Waals surface area contributed by atoms with Gasteiger partial charge in [-0.25, -0.2) is 12.7 Å². The molecule has 1 amide bonds. The Labute approximate surface area is 143 Å². The highest BCUT2D eigenvalue weighted by molar-refractivity contribution is 7.88. The topological polar surface area (TPSA) is 66.5 Å². The molecule has 2 rings (SSSR count). The van der Waals surface area contributed by atoms with E-state index < -0.39 is 10.0 Å². The minimum atomic E-state index is -3.16. The Hall–Kier alpha value is -1.11. The second kappa shape index (κ2) is 7.64. The molecule has 1 saturated heterocycles. The van der Waals surface area contributed by atoms with Crippen molar-refractivity contribution in [3.05, 3.63) is 34.9 Å². The maximum absolute atomic E-state index is 12.5. The first kappa shape index (κ1) is 18.2. The van der Waals surface area contributed by atoms with Gasteiger partial charge in [-0.3, -0.25) is 4.79 Å². The fraction of sp³-hybridized carbons (Fsp3) is 0.562. The highest BCUT2D eigenvalue weighted by Crippen LogP contribution is 2.23. The Balaban J connectivity index is 1.94. The summed E-state index contributed by atoms with van der Waals surface area (Å²) in [6.45, 7) is 2.84. The number of hydrogen-bond acceptors (Lipinski definition) is 3. The minimum Gasteiger partial charge on any atom is -0.349 e. The van der Waals surface area contributed by atoms with Crippen LogP contribution in [0.15, 0.2) is 24.3 Å². The number of nitrogens with one attached hydrogen (secondary N) is 1.